The van der Waals surface area contributed by atoms with E-state index in [-0.39, 0.29) is 5.91 Å². The van der Waals surface area contributed by atoms with Crippen molar-refractivity contribution in [3.63, 3.8) is 0 Å². The van der Waals surface area contributed by atoms with Gasteiger partial charge in [-0.2, -0.15) is 0 Å². The van der Waals surface area contributed by atoms with E-state index in [0.717, 1.165) is 32.7 Å². The first-order chi connectivity index (χ1) is 7.83. The second kappa shape index (κ2) is 8.53. The number of ether oxygens (including phenoxy) is 1. The quantitative estimate of drug-likeness (QED) is 0.607. The summed E-state index contributed by atoms with van der Waals surface area (Å²) in [4.78, 5) is 11.5. The van der Waals surface area contributed by atoms with Gasteiger partial charge >= 0.3 is 0 Å². The Hall–Kier alpha value is -0.610. The fourth-order valence-corrected chi connectivity index (χ4v) is 2.14. The molecule has 0 spiro atoms. The molecule has 0 radical (unpaired) electrons. The number of carbonyl (C=O) groups excluding carboxylic acids is 1. The standard InChI is InChI=1S/C12H24N2O2/c1-16-9-8-13-6-7-14-12(15)10-11-4-2-3-5-11/h11,13H,2-10H2,1H3,(H,14,15). The Kier molecular flexibility index (Phi) is 7.17. The third-order valence-corrected chi connectivity index (χ3v) is 3.06. The predicted molar refractivity (Wildman–Crippen MR) is 64.3 cm³/mol. The SMILES string of the molecule is COCCNCCNC(=O)CC1CCCC1. The van der Waals surface area contributed by atoms with E-state index < -0.39 is 0 Å². The monoisotopic (exact) mass is 228 g/mol. The highest BCUT2D eigenvalue weighted by Crippen LogP contribution is 2.27. The third-order valence-electron chi connectivity index (χ3n) is 3.06. The maximum atomic E-state index is 11.5. The summed E-state index contributed by atoms with van der Waals surface area (Å²) in [6, 6.07) is 0. The molecule has 0 saturated heterocycles. The lowest BCUT2D eigenvalue weighted by Gasteiger charge is -2.09. The van der Waals surface area contributed by atoms with Crippen molar-refractivity contribution < 1.29 is 9.53 Å². The largest absolute Gasteiger partial charge is 0.383 e. The van der Waals surface area contributed by atoms with Crippen molar-refractivity contribution in [2.75, 3.05) is 33.4 Å². The highest BCUT2D eigenvalue weighted by Gasteiger charge is 2.17. The van der Waals surface area contributed by atoms with Crippen LogP contribution < -0.4 is 10.6 Å². The highest BCUT2D eigenvalue weighted by molar-refractivity contribution is 5.76. The summed E-state index contributed by atoms with van der Waals surface area (Å²) in [6.45, 7) is 3.10. The lowest BCUT2D eigenvalue weighted by molar-refractivity contribution is -0.121. The smallest absolute Gasteiger partial charge is 0.220 e. The first-order valence-electron chi connectivity index (χ1n) is 6.29. The van der Waals surface area contributed by atoms with Crippen LogP contribution in [-0.4, -0.2) is 39.3 Å². The van der Waals surface area contributed by atoms with Crippen molar-refractivity contribution in [1.82, 2.24) is 10.6 Å². The van der Waals surface area contributed by atoms with Gasteiger partial charge in [0.15, 0.2) is 0 Å². The molecule has 0 heterocycles. The topological polar surface area (TPSA) is 50.4 Å². The van der Waals surface area contributed by atoms with E-state index in [1.54, 1.807) is 7.11 Å². The first-order valence-corrected chi connectivity index (χ1v) is 6.29. The maximum absolute atomic E-state index is 11.5. The molecule has 2 N–H and O–H groups in total. The lowest BCUT2D eigenvalue weighted by Crippen LogP contribution is -2.33. The fraction of sp³-hybridized carbons (Fsp3) is 0.917. The molecule has 4 nitrogen and oxygen atoms in total. The average molecular weight is 228 g/mol. The number of methoxy groups -OCH3 is 1. The zero-order valence-electron chi connectivity index (χ0n) is 10.3. The van der Waals surface area contributed by atoms with Crippen molar-refractivity contribution in [3.05, 3.63) is 0 Å². The van der Waals surface area contributed by atoms with E-state index in [4.69, 9.17) is 4.74 Å². The van der Waals surface area contributed by atoms with E-state index in [0.29, 0.717) is 5.92 Å². The van der Waals surface area contributed by atoms with Crippen molar-refractivity contribution in [2.24, 2.45) is 5.92 Å². The van der Waals surface area contributed by atoms with Gasteiger partial charge in [0.25, 0.3) is 0 Å². The number of carbonyl (C=O) groups is 1. The molecule has 16 heavy (non-hydrogen) atoms. The van der Waals surface area contributed by atoms with Gasteiger partial charge in [0.2, 0.25) is 5.91 Å². The Balaban J connectivity index is 1.89. The number of amides is 1. The average Bonchev–Trinajstić information content (AvgIpc) is 2.76. The lowest BCUT2D eigenvalue weighted by atomic mass is 10.0. The van der Waals surface area contributed by atoms with Crippen LogP contribution in [0.15, 0.2) is 0 Å². The van der Waals surface area contributed by atoms with Crippen molar-refractivity contribution >= 4 is 5.91 Å². The minimum Gasteiger partial charge on any atom is -0.383 e. The normalized spacial score (nSPS) is 16.6. The second-order valence-electron chi connectivity index (χ2n) is 4.45. The molecule has 1 fully saturated rings. The Morgan fingerprint density at radius 3 is 2.69 bits per heavy atom. The maximum Gasteiger partial charge on any atom is 0.220 e. The van der Waals surface area contributed by atoms with Gasteiger partial charge in [-0.1, -0.05) is 12.8 Å². The second-order valence-corrected chi connectivity index (χ2v) is 4.45. The molecule has 0 aromatic rings. The molecule has 0 atom stereocenters. The van der Waals surface area contributed by atoms with Gasteiger partial charge < -0.3 is 15.4 Å². The molecule has 1 rings (SSSR count). The molecule has 94 valence electrons. The molecular formula is C12H24N2O2. The van der Waals surface area contributed by atoms with Crippen molar-refractivity contribution in [3.8, 4) is 0 Å². The fourth-order valence-electron chi connectivity index (χ4n) is 2.14. The minimum atomic E-state index is 0.209. The summed E-state index contributed by atoms with van der Waals surface area (Å²) in [6.07, 6.45) is 5.80. The Morgan fingerprint density at radius 2 is 2.00 bits per heavy atom. The van der Waals surface area contributed by atoms with Crippen LogP contribution in [0.4, 0.5) is 0 Å². The first kappa shape index (κ1) is 13.5. The van der Waals surface area contributed by atoms with Crippen LogP contribution in [0.5, 0.6) is 0 Å². The Morgan fingerprint density at radius 1 is 1.25 bits per heavy atom. The summed E-state index contributed by atoms with van der Waals surface area (Å²) in [5.74, 6) is 0.849. The van der Waals surface area contributed by atoms with Gasteiger partial charge in [-0.3, -0.25) is 4.79 Å². The van der Waals surface area contributed by atoms with E-state index in [1.165, 1.54) is 25.7 Å². The van der Waals surface area contributed by atoms with Crippen LogP contribution in [0, 0.1) is 5.92 Å². The third kappa shape index (κ3) is 6.08. The van der Waals surface area contributed by atoms with E-state index in [9.17, 15) is 4.79 Å². The van der Waals surface area contributed by atoms with E-state index >= 15 is 0 Å². The van der Waals surface area contributed by atoms with Crippen LogP contribution in [-0.2, 0) is 9.53 Å². The molecule has 0 aromatic carbocycles. The summed E-state index contributed by atoms with van der Waals surface area (Å²) in [5.41, 5.74) is 0. The molecular weight excluding hydrogens is 204 g/mol. The van der Waals surface area contributed by atoms with Crippen LogP contribution in [0.2, 0.25) is 0 Å². The molecule has 1 saturated carbocycles. The Bertz CT molecular complexity index is 191. The van der Waals surface area contributed by atoms with Crippen LogP contribution in [0.1, 0.15) is 32.1 Å². The summed E-state index contributed by atoms with van der Waals surface area (Å²) < 4.78 is 4.91. The zero-order chi connectivity index (χ0) is 11.6. The van der Waals surface area contributed by atoms with Crippen LogP contribution in [0.3, 0.4) is 0 Å². The number of nitrogens with one attached hydrogen (secondary N) is 2. The van der Waals surface area contributed by atoms with Gasteiger partial charge in [-0.25, -0.2) is 0 Å². The molecule has 0 bridgehead atoms. The van der Waals surface area contributed by atoms with Crippen molar-refractivity contribution in [1.29, 1.82) is 0 Å². The predicted octanol–water partition coefficient (Wildman–Crippen LogP) is 0.919. The van der Waals surface area contributed by atoms with Crippen molar-refractivity contribution in [2.45, 2.75) is 32.1 Å². The van der Waals surface area contributed by atoms with E-state index in [1.807, 2.05) is 0 Å². The van der Waals surface area contributed by atoms with Gasteiger partial charge in [-0.05, 0) is 18.8 Å². The summed E-state index contributed by atoms with van der Waals surface area (Å²) in [7, 11) is 1.69. The summed E-state index contributed by atoms with van der Waals surface area (Å²) >= 11 is 0. The molecule has 0 aromatic heterocycles. The van der Waals surface area contributed by atoms with E-state index in [2.05, 4.69) is 10.6 Å². The number of hydrogen-bond donors (Lipinski definition) is 2. The Labute approximate surface area is 98.1 Å². The zero-order valence-corrected chi connectivity index (χ0v) is 10.3. The molecule has 1 amide bonds. The summed E-state index contributed by atoms with van der Waals surface area (Å²) in [5, 5.41) is 6.14. The van der Waals surface area contributed by atoms with Gasteiger partial charge in [0.1, 0.15) is 0 Å². The molecule has 0 aliphatic heterocycles. The molecule has 0 unspecified atom stereocenters. The molecule has 1 aliphatic rings. The van der Waals surface area contributed by atoms with Gasteiger partial charge in [-0.15, -0.1) is 0 Å². The van der Waals surface area contributed by atoms with Crippen LogP contribution >= 0.6 is 0 Å². The minimum absolute atomic E-state index is 0.209. The number of rotatable bonds is 8. The van der Waals surface area contributed by atoms with Gasteiger partial charge in [0.05, 0.1) is 6.61 Å². The molecule has 1 aliphatic carbocycles. The van der Waals surface area contributed by atoms with Gasteiger partial charge in [0, 0.05) is 33.2 Å². The highest BCUT2D eigenvalue weighted by atomic mass is 16.5. The number of hydrogen-bond acceptors (Lipinski definition) is 3. The van der Waals surface area contributed by atoms with Crippen LogP contribution in [0.25, 0.3) is 0 Å². The molecule has 4 heteroatoms.